The number of carboxylic acids is 2. The van der Waals surface area contributed by atoms with Gasteiger partial charge in [0.15, 0.2) is 17.3 Å². The van der Waals surface area contributed by atoms with Gasteiger partial charge >= 0.3 is 83.3 Å². The van der Waals surface area contributed by atoms with Crippen LogP contribution in [0.4, 0.5) is 5.69 Å². The molecule has 0 amide bonds. The molecule has 17 N–H and O–H groups in total. The Morgan fingerprint density at radius 3 is 1.21 bits per heavy atom. The molecule has 0 aromatic heterocycles. The number of rotatable bonds is 18. The van der Waals surface area contributed by atoms with E-state index in [0.29, 0.717) is 59.0 Å². The van der Waals surface area contributed by atoms with Crippen molar-refractivity contribution in [3.05, 3.63) is 256 Å². The van der Waals surface area contributed by atoms with E-state index in [4.69, 9.17) is 132 Å². The average molecular weight is 2250 g/mol. The second-order valence-corrected chi connectivity index (χ2v) is 32.7. The Hall–Kier alpha value is -13.5. The molecule has 0 saturated heterocycles. The molecule has 0 bridgehead atoms. The van der Waals surface area contributed by atoms with E-state index in [0.717, 1.165) is 69.1 Å². The van der Waals surface area contributed by atoms with Crippen LogP contribution in [-0.2, 0) is 32.1 Å². The summed E-state index contributed by atoms with van der Waals surface area (Å²) in [7, 11) is 26.7. The van der Waals surface area contributed by atoms with Crippen molar-refractivity contribution in [3.63, 3.8) is 0 Å². The number of fused-ring (bicyclic) bond motifs is 6. The van der Waals surface area contributed by atoms with Crippen LogP contribution in [-0.4, -0.2) is 142 Å². The minimum absolute atomic E-state index is 0. The first-order chi connectivity index (χ1) is 61.2. The van der Waals surface area contributed by atoms with Gasteiger partial charge in [-0.25, -0.2) is 14.4 Å². The molecule has 13 aromatic rings. The monoisotopic (exact) mass is 2250 g/mol. The number of hydrogen-bond donors (Lipinski definition) is 12. The summed E-state index contributed by atoms with van der Waals surface area (Å²) >= 11 is 12.1. The zero-order valence-electron chi connectivity index (χ0n) is 69.3. The molecule has 0 atom stereocenters. The van der Waals surface area contributed by atoms with Crippen LogP contribution in [0.5, 0.6) is 74.7 Å². The van der Waals surface area contributed by atoms with E-state index in [9.17, 15) is 39.3 Å². The van der Waals surface area contributed by atoms with Crippen LogP contribution >= 0.6 is 94.0 Å². The number of phenolic OH excluding ortho intramolecular Hbond substituents is 4. The summed E-state index contributed by atoms with van der Waals surface area (Å²) in [5.74, 6) is 14.4. The SMILES string of the molecule is COc1cc2cc(OC)c(Br)cc2cc1Br.COc1cc2cc(OC)c(C(=O)CC(=O)OCc3ccccc3)cc2cc1C(=O)O.COc1cc2cc(OC)c(C(=O)O)cc2cc1OC=O.N.N#N.N/N=N/N.N=N/N=N/N.Oc1cc2cc(O)c(Br)cc2cc1Br.Oc1ccc2ccc(O)cc2c1.[C-]#[N+]c1cc2cc(C#N)c(OC)cc2cc1OC.[Cl][Fe]([Cl])[Cl].[N-]=[N+]=N.[SnH2]. The molecule has 0 aliphatic carbocycles. The number of benzene rings is 13. The van der Waals surface area contributed by atoms with Gasteiger partial charge in [-0.15, -0.1) is 5.53 Å². The predicted octanol–water partition coefficient (Wildman–Crippen LogP) is 21.3. The molecule has 0 spiro atoms. The van der Waals surface area contributed by atoms with Crippen LogP contribution < -0.4 is 66.3 Å². The second kappa shape index (κ2) is 60.3. The summed E-state index contributed by atoms with van der Waals surface area (Å²) in [5, 5.41) is 99.6. The summed E-state index contributed by atoms with van der Waals surface area (Å²) in [6.45, 7) is 7.45. The number of carbonyl (C=O) groups excluding carboxylic acids is 3. The number of nitrogens with two attached hydrogens (primary N) is 3. The van der Waals surface area contributed by atoms with Gasteiger partial charge in [0.05, 0.1) is 92.5 Å². The van der Waals surface area contributed by atoms with Crippen LogP contribution in [0.15, 0.2) is 232 Å². The van der Waals surface area contributed by atoms with Crippen molar-refractivity contribution in [2.24, 2.45) is 43.6 Å². The van der Waals surface area contributed by atoms with Crippen LogP contribution in [0.1, 0.15) is 48.6 Å². The topological polar surface area (TPSA) is 634 Å². The fourth-order valence-corrected chi connectivity index (χ4v) is 12.6. The van der Waals surface area contributed by atoms with E-state index in [-0.39, 0.29) is 106 Å². The molecule has 38 nitrogen and oxygen atoms in total. The van der Waals surface area contributed by atoms with Crippen LogP contribution in [0, 0.1) is 39.8 Å². The third-order valence-corrected chi connectivity index (χ3v) is 18.9. The Morgan fingerprint density at radius 2 is 0.831 bits per heavy atom. The van der Waals surface area contributed by atoms with E-state index < -0.39 is 41.3 Å². The summed E-state index contributed by atoms with van der Waals surface area (Å²) < 4.78 is 54.6. The zero-order valence-corrected chi connectivity index (χ0v) is 83.0. The third kappa shape index (κ3) is 35.6. The van der Waals surface area contributed by atoms with Gasteiger partial charge in [-0.05, 0) is 300 Å². The molecule has 0 unspecified atom stereocenters. The van der Waals surface area contributed by atoms with Crippen LogP contribution in [0.3, 0.4) is 0 Å². The van der Waals surface area contributed by atoms with Crippen molar-refractivity contribution in [1.29, 1.82) is 27.1 Å². The summed E-state index contributed by atoms with van der Waals surface area (Å²) in [6.07, 6.45) is -0.462. The van der Waals surface area contributed by atoms with E-state index in [2.05, 4.69) is 118 Å². The van der Waals surface area contributed by atoms with Gasteiger partial charge in [-0.2, -0.15) is 10.8 Å². The standard InChI is InChI=1S/C23H20O7.C14H10N2O2.C14H12O6.C12H10Br2O2.C10H6Br2O2.C10H8O2.3ClH.Fe.H3N5.H4N4.HN3.N2.H3N.Sn.2H/c1-28-20-10-16-11-21(29-2)18(23(26)27)9-15(16)8-17(20)19(24)12-22(25)30-13-14-6-4-3-5-7-14;1-16-12-5-9-4-11(8-15)13(17-2)6-10(9)7-14(12)18-3;1-18-11-4-9-5-12(19-2)13(20-7-15)6-8(9)3-10(11)14(16)17;1-15-11-5-8-6-12(16-2)10(14)4-7(8)3-9(11)13;11-7-1-5-2-8(12)10(14)4-6(5)3-9(7)13;11-9-3-1-7-2-4-10(12)6-8(7)5-9;;;;;1-3-5-4-2;1-3-4-2;1-3-2;1-2;;;;/h3-11H,12-13H2,1-2H3,(H,26,27);4-7H,2-3H3;3-7H,1-2H3,(H,16,17);3-6H,1-2H3;1-4,13-14H;1-6,11-12H;3*1H;;(H3,1,2,5);(H2,1,4)(H2,2,3);1H;;1H3;;;/q;;;;;;;;;+3;;;;;;;;/p-3. The Morgan fingerprint density at radius 1 is 0.492 bits per heavy atom. The van der Waals surface area contributed by atoms with E-state index in [1.54, 1.807) is 116 Å². The number of nitrogens with zero attached hydrogens (tertiary/aromatic N) is 11. The number of halogens is 7. The number of Topliss-reactive ketones (excluding diaryl/α,β-unsaturated/α-hetero) is 1. The fourth-order valence-electron chi connectivity index (χ4n) is 10.9. The number of ketones is 1. The van der Waals surface area contributed by atoms with Gasteiger partial charge in [-0.1, -0.05) is 58.1 Å². The van der Waals surface area contributed by atoms with Crippen molar-refractivity contribution in [2.75, 3.05) is 56.9 Å². The number of nitriles is 1. The maximum atomic E-state index is 12.7. The Labute approximate surface area is 807 Å². The number of carboxylic acid groups (broad SMARTS) is 2. The van der Waals surface area contributed by atoms with Gasteiger partial charge < -0.3 is 102 Å². The average Bonchev–Trinajstić information content (AvgIpc) is 0.763. The summed E-state index contributed by atoms with van der Waals surface area (Å²) in [4.78, 5) is 63.1. The number of nitrogens with one attached hydrogen (secondary N) is 2. The number of ether oxygens (including phenoxy) is 10. The van der Waals surface area contributed by atoms with Gasteiger partial charge in [0.2, 0.25) is 5.69 Å². The molecule has 2 radical (unpaired) electrons. The molecule has 0 aliphatic rings. The molecular weight excluding hydrogens is 2170 g/mol. The number of aromatic hydroxyl groups is 4. The van der Waals surface area contributed by atoms with Gasteiger partial charge in [-0.3, -0.25) is 14.4 Å². The van der Waals surface area contributed by atoms with Crippen molar-refractivity contribution in [3.8, 4) is 80.8 Å². The number of esters is 1. The Bertz CT molecular complexity index is 6060. The molecule has 0 fully saturated rings. The van der Waals surface area contributed by atoms with Crippen molar-refractivity contribution >= 4 is 218 Å². The van der Waals surface area contributed by atoms with Gasteiger partial charge in [0.25, 0.3) is 6.47 Å². The number of phenols is 4. The van der Waals surface area contributed by atoms with Gasteiger partial charge in [0, 0.05) is 10.8 Å². The number of hydrogen-bond acceptors (Lipinski definition) is 28. The summed E-state index contributed by atoms with van der Waals surface area (Å²) in [5.41, 5.74) is 20.0. The fraction of sp³-hybridized carbons (Fsp3) is 0.120. The maximum absolute atomic E-state index is 12.7. The van der Waals surface area contributed by atoms with Crippen LogP contribution in [0.25, 0.3) is 79.9 Å². The number of carbonyl (C=O) groups is 5. The molecule has 130 heavy (non-hydrogen) atoms. The predicted molar refractivity (Wildman–Crippen MR) is 502 cm³/mol. The van der Waals surface area contributed by atoms with Crippen molar-refractivity contribution in [2.45, 2.75) is 13.0 Å². The second-order valence-electron chi connectivity index (χ2n) is 23.9. The van der Waals surface area contributed by atoms with E-state index >= 15 is 0 Å². The quantitative estimate of drug-likeness (QED) is 0.00309. The summed E-state index contributed by atoms with van der Waals surface area (Å²) in [6, 6.07) is 55.4. The molecule has 0 saturated carbocycles. The number of aromatic carboxylic acids is 2. The molecule has 683 valence electrons. The van der Waals surface area contributed by atoms with E-state index in [1.807, 2.05) is 66.7 Å². The molecule has 47 heteroatoms. The Kier molecular flexibility index (Phi) is 53.1. The minimum atomic E-state index is -1.33. The first kappa shape index (κ1) is 115. The molecule has 0 aliphatic heterocycles. The molecule has 0 heterocycles. The third-order valence-electron chi connectivity index (χ3n) is 16.4. The Balaban J connectivity index is 0.000000762. The molecular formula is C83H79Br4Cl3FeN17O21Sn. The van der Waals surface area contributed by atoms with Gasteiger partial charge in [0.1, 0.15) is 93.5 Å². The molecule has 13 aromatic carbocycles. The first-order valence-electron chi connectivity index (χ1n) is 34.8. The van der Waals surface area contributed by atoms with Crippen molar-refractivity contribution < 1.29 is 113 Å². The molecule has 13 rings (SSSR count). The normalized spacial score (nSPS) is 9.73. The van der Waals surface area contributed by atoms with Crippen molar-refractivity contribution in [1.82, 2.24) is 6.15 Å². The number of methoxy groups -OCH3 is 8. The van der Waals surface area contributed by atoms with Crippen LogP contribution in [0.2, 0.25) is 0 Å². The first-order valence-corrected chi connectivity index (χ1v) is 42.5. The zero-order chi connectivity index (χ0) is 95.9. The van der Waals surface area contributed by atoms with E-state index in [1.165, 1.54) is 66.9 Å².